The Hall–Kier alpha value is -4.23. The molecule has 0 saturated carbocycles. The first kappa shape index (κ1) is 25.9. The van der Waals surface area contributed by atoms with E-state index in [1.54, 1.807) is 31.3 Å². The lowest BCUT2D eigenvalue weighted by Crippen LogP contribution is -2.43. The number of halogens is 1. The van der Waals surface area contributed by atoms with Crippen LogP contribution in [0.5, 0.6) is 0 Å². The van der Waals surface area contributed by atoms with Crippen LogP contribution in [0.15, 0.2) is 76.1 Å². The van der Waals surface area contributed by atoms with Gasteiger partial charge in [-0.25, -0.2) is 13.9 Å². The van der Waals surface area contributed by atoms with E-state index >= 15 is 0 Å². The van der Waals surface area contributed by atoms with Gasteiger partial charge in [-0.15, -0.1) is 0 Å². The zero-order valence-corrected chi connectivity index (χ0v) is 21.6. The monoisotopic (exact) mass is 520 g/mol. The first-order valence-corrected chi connectivity index (χ1v) is 12.8. The van der Waals surface area contributed by atoms with Crippen LogP contribution in [0.4, 0.5) is 4.39 Å². The van der Waals surface area contributed by atoms with E-state index in [1.807, 2.05) is 19.9 Å². The number of rotatable bonds is 5. The fraction of sp³-hybridized carbons (Fsp3) is 0.222. The Bertz CT molecular complexity index is 1630. The second-order valence-corrected chi connectivity index (χ2v) is 11.3. The van der Waals surface area contributed by atoms with Crippen LogP contribution in [0.25, 0.3) is 11.1 Å². The molecule has 2 aromatic carbocycles. The lowest BCUT2D eigenvalue weighted by molar-refractivity contribution is 0.0990. The quantitative estimate of drug-likeness (QED) is 0.514. The Morgan fingerprint density at radius 1 is 1.05 bits per heavy atom. The topological polar surface area (TPSA) is 112 Å². The number of fused-ring (bicyclic) bond motifs is 1. The average Bonchev–Trinajstić information content (AvgIpc) is 2.84. The third-order valence-corrected chi connectivity index (χ3v) is 7.50. The van der Waals surface area contributed by atoms with E-state index < -0.39 is 38.2 Å². The third kappa shape index (κ3) is 4.66. The van der Waals surface area contributed by atoms with Crippen molar-refractivity contribution in [3.05, 3.63) is 99.4 Å². The number of Topliss-reactive ketones (excluding diaryl/α,β-unsaturated/α-hetero) is 1. The summed E-state index contributed by atoms with van der Waals surface area (Å²) in [6.45, 7) is 3.64. The minimum Gasteiger partial charge on any atom is -0.383 e. The van der Waals surface area contributed by atoms with Gasteiger partial charge in [0.05, 0.1) is 16.2 Å². The molecule has 4 rings (SSSR count). The zero-order chi connectivity index (χ0) is 27.1. The highest BCUT2D eigenvalue weighted by molar-refractivity contribution is 7.92. The molecule has 0 radical (unpaired) electrons. The molecule has 10 heteroatoms. The van der Waals surface area contributed by atoms with Gasteiger partial charge in [-0.2, -0.15) is 13.7 Å². The third-order valence-electron chi connectivity index (χ3n) is 6.18. The van der Waals surface area contributed by atoms with Crippen molar-refractivity contribution in [3.8, 4) is 17.2 Å². The van der Waals surface area contributed by atoms with Crippen LogP contribution >= 0.6 is 0 Å². The fourth-order valence-electron chi connectivity index (χ4n) is 4.46. The van der Waals surface area contributed by atoms with Crippen molar-refractivity contribution in [1.82, 2.24) is 9.58 Å². The van der Waals surface area contributed by atoms with Crippen molar-refractivity contribution in [3.63, 3.8) is 0 Å². The van der Waals surface area contributed by atoms with E-state index in [0.29, 0.717) is 11.1 Å². The van der Waals surface area contributed by atoms with Crippen LogP contribution < -0.4 is 10.4 Å². The molecule has 1 heterocycles. The normalized spacial score (nSPS) is 15.7. The van der Waals surface area contributed by atoms with Gasteiger partial charge in [0.25, 0.3) is 15.6 Å². The summed E-state index contributed by atoms with van der Waals surface area (Å²) < 4.78 is 40.9. The highest BCUT2D eigenvalue weighted by atomic mass is 32.2. The van der Waals surface area contributed by atoms with E-state index in [9.17, 15) is 27.7 Å². The molecule has 0 fully saturated rings. The minimum atomic E-state index is -4.24. The maximum Gasteiger partial charge on any atom is 0.288 e. The number of nitrogens with zero attached hydrogens (tertiary/aromatic N) is 3. The summed E-state index contributed by atoms with van der Waals surface area (Å²) in [6.07, 6.45) is 1.79. The van der Waals surface area contributed by atoms with Crippen LogP contribution in [0.1, 0.15) is 35.5 Å². The van der Waals surface area contributed by atoms with Crippen molar-refractivity contribution < 1.29 is 17.6 Å². The fourth-order valence-corrected chi connectivity index (χ4v) is 5.51. The van der Waals surface area contributed by atoms with Gasteiger partial charge in [0.15, 0.2) is 5.78 Å². The van der Waals surface area contributed by atoms with Gasteiger partial charge < -0.3 is 4.90 Å². The second kappa shape index (κ2) is 9.33. The predicted octanol–water partition coefficient (Wildman–Crippen LogP) is 3.67. The van der Waals surface area contributed by atoms with Crippen LogP contribution in [-0.2, 0) is 16.4 Å². The van der Waals surface area contributed by atoms with E-state index in [2.05, 4.69) is 4.83 Å². The van der Waals surface area contributed by atoms with Gasteiger partial charge in [-0.05, 0) is 36.2 Å². The number of carbonyl (C=O) groups is 1. The summed E-state index contributed by atoms with van der Waals surface area (Å²) in [6, 6.07) is 14.4. The van der Waals surface area contributed by atoms with Gasteiger partial charge >= 0.3 is 0 Å². The van der Waals surface area contributed by atoms with Crippen molar-refractivity contribution in [1.29, 1.82) is 5.26 Å². The minimum absolute atomic E-state index is 0.0194. The molecule has 190 valence electrons. The molecule has 1 N–H and O–H groups in total. The van der Waals surface area contributed by atoms with E-state index in [-0.39, 0.29) is 28.1 Å². The Morgan fingerprint density at radius 3 is 2.24 bits per heavy atom. The molecule has 0 spiro atoms. The van der Waals surface area contributed by atoms with Crippen LogP contribution in [0.3, 0.4) is 0 Å². The summed E-state index contributed by atoms with van der Waals surface area (Å²) in [4.78, 5) is 31.6. The maximum absolute atomic E-state index is 14.0. The molecular weight excluding hydrogens is 495 g/mol. The molecule has 37 heavy (non-hydrogen) atoms. The lowest BCUT2D eigenvalue weighted by atomic mass is 9.70. The number of ketones is 1. The van der Waals surface area contributed by atoms with Gasteiger partial charge in [-0.3, -0.25) is 9.59 Å². The van der Waals surface area contributed by atoms with Crippen LogP contribution in [0.2, 0.25) is 0 Å². The van der Waals surface area contributed by atoms with Crippen molar-refractivity contribution >= 4 is 15.8 Å². The smallest absolute Gasteiger partial charge is 0.288 e. The predicted molar refractivity (Wildman–Crippen MR) is 137 cm³/mol. The first-order valence-electron chi connectivity index (χ1n) is 11.4. The largest absolute Gasteiger partial charge is 0.383 e. The van der Waals surface area contributed by atoms with Gasteiger partial charge in [0, 0.05) is 36.8 Å². The summed E-state index contributed by atoms with van der Waals surface area (Å²) >= 11 is 0. The number of nitrogens with one attached hydrogen (secondary N) is 1. The number of nitriles is 1. The number of aromatic nitrogens is 1. The summed E-state index contributed by atoms with van der Waals surface area (Å²) in [7, 11) is -0.712. The molecule has 0 amide bonds. The maximum atomic E-state index is 14.0. The number of carbonyl (C=O) groups excluding carboxylic acids is 1. The van der Waals surface area contributed by atoms with Gasteiger partial charge in [0.2, 0.25) is 0 Å². The molecule has 0 saturated heterocycles. The molecule has 0 aliphatic heterocycles. The molecule has 0 bridgehead atoms. The van der Waals surface area contributed by atoms with Crippen LogP contribution in [0, 0.1) is 22.6 Å². The Balaban J connectivity index is 2.10. The van der Waals surface area contributed by atoms with Crippen molar-refractivity contribution in [2.24, 2.45) is 5.41 Å². The highest BCUT2D eigenvalue weighted by Crippen LogP contribution is 2.42. The molecule has 0 atom stereocenters. The Labute approximate surface area is 214 Å². The van der Waals surface area contributed by atoms with Crippen LogP contribution in [-0.4, -0.2) is 37.9 Å². The van der Waals surface area contributed by atoms with Gasteiger partial charge in [0.1, 0.15) is 17.4 Å². The number of sulfonamides is 1. The molecule has 8 nitrogen and oxygen atoms in total. The SMILES string of the molecule is CN(C)/C=C1\C(=O)c2c(-c3ccc(F)cc3)c(C#N)c(=O)n(NS(=O)(=O)c3ccccc3)c2CC1(C)C. The summed E-state index contributed by atoms with van der Waals surface area (Å²) in [5, 5.41) is 10.0. The number of hydrogen-bond donors (Lipinski definition) is 1. The molecule has 3 aromatic rings. The number of pyridine rings is 1. The summed E-state index contributed by atoms with van der Waals surface area (Å²) in [5.74, 6) is -0.982. The molecule has 1 aliphatic rings. The average molecular weight is 521 g/mol. The van der Waals surface area contributed by atoms with E-state index in [0.717, 1.165) is 4.68 Å². The highest BCUT2D eigenvalue weighted by Gasteiger charge is 2.42. The zero-order valence-electron chi connectivity index (χ0n) is 20.7. The molecule has 0 unspecified atom stereocenters. The molecular formula is C27H25FN4O4S. The molecule has 1 aromatic heterocycles. The second-order valence-electron chi connectivity index (χ2n) is 9.63. The Morgan fingerprint density at radius 2 is 1.68 bits per heavy atom. The Kier molecular flexibility index (Phi) is 6.52. The number of hydrogen-bond acceptors (Lipinski definition) is 6. The number of benzene rings is 2. The summed E-state index contributed by atoms with van der Waals surface area (Å²) in [5.41, 5.74) is -1.24. The lowest BCUT2D eigenvalue weighted by Gasteiger charge is -2.36. The van der Waals surface area contributed by atoms with Crippen molar-refractivity contribution in [2.75, 3.05) is 18.9 Å². The first-order chi connectivity index (χ1) is 17.4. The number of allylic oxidation sites excluding steroid dienone is 1. The standard InChI is InChI=1S/C27H25FN4O4S/c1-27(2)14-22-24(25(33)21(27)16-31(3)4)23(17-10-12-18(28)13-11-17)20(15-29)26(34)32(22)30-37(35,36)19-8-6-5-7-9-19/h5-13,16,30H,14H2,1-4H3/b21-16+. The molecule has 1 aliphatic carbocycles. The van der Waals surface area contributed by atoms with E-state index in [4.69, 9.17) is 0 Å². The van der Waals surface area contributed by atoms with Crippen molar-refractivity contribution in [2.45, 2.75) is 25.2 Å². The van der Waals surface area contributed by atoms with Gasteiger partial charge in [-0.1, -0.05) is 44.2 Å². The van der Waals surface area contributed by atoms with E-state index in [1.165, 1.54) is 48.5 Å².